The number of hydrogen-bond donors (Lipinski definition) is 2. The summed E-state index contributed by atoms with van der Waals surface area (Å²) in [6.45, 7) is 0. The van der Waals surface area contributed by atoms with Crippen LogP contribution in [0.3, 0.4) is 0 Å². The lowest BCUT2D eigenvalue weighted by atomic mass is 10.0. The number of aromatic nitrogens is 1. The van der Waals surface area contributed by atoms with Crippen molar-refractivity contribution >= 4 is 17.6 Å². The van der Waals surface area contributed by atoms with E-state index in [0.717, 1.165) is 17.9 Å². The SMILES string of the molecule is CNC(Cc1ccnc(N)c1)C1CSc2ccccc2O1. The number of anilines is 1. The van der Waals surface area contributed by atoms with Gasteiger partial charge >= 0.3 is 0 Å². The molecule has 0 spiro atoms. The van der Waals surface area contributed by atoms with Crippen molar-refractivity contribution in [3.05, 3.63) is 48.2 Å². The highest BCUT2D eigenvalue weighted by atomic mass is 32.2. The number of likely N-dealkylation sites (N-methyl/N-ethyl adjacent to an activating group) is 1. The van der Waals surface area contributed by atoms with Gasteiger partial charge in [-0.3, -0.25) is 0 Å². The van der Waals surface area contributed by atoms with Crippen molar-refractivity contribution in [1.29, 1.82) is 0 Å². The zero-order valence-corrected chi connectivity index (χ0v) is 12.8. The normalized spacial score (nSPS) is 18.6. The quantitative estimate of drug-likeness (QED) is 0.908. The van der Waals surface area contributed by atoms with Crippen LogP contribution in [0, 0.1) is 0 Å². The zero-order valence-electron chi connectivity index (χ0n) is 12.0. The number of rotatable bonds is 4. The molecule has 0 aliphatic carbocycles. The monoisotopic (exact) mass is 301 g/mol. The van der Waals surface area contributed by atoms with Gasteiger partial charge in [-0.25, -0.2) is 4.98 Å². The number of nitrogen functional groups attached to an aromatic ring is 1. The summed E-state index contributed by atoms with van der Waals surface area (Å²) in [5.41, 5.74) is 6.93. The van der Waals surface area contributed by atoms with Crippen LogP contribution in [0.15, 0.2) is 47.5 Å². The molecule has 2 aromatic rings. The fraction of sp³-hybridized carbons (Fsp3) is 0.312. The first-order chi connectivity index (χ1) is 10.3. The van der Waals surface area contributed by atoms with E-state index in [2.05, 4.69) is 16.4 Å². The highest BCUT2D eigenvalue weighted by Crippen LogP contribution is 2.36. The number of benzene rings is 1. The average Bonchev–Trinajstić information content (AvgIpc) is 2.52. The summed E-state index contributed by atoms with van der Waals surface area (Å²) in [5.74, 6) is 2.49. The Labute approximate surface area is 129 Å². The number of fused-ring (bicyclic) bond motifs is 1. The molecule has 0 radical (unpaired) electrons. The molecule has 0 fully saturated rings. The highest BCUT2D eigenvalue weighted by molar-refractivity contribution is 7.99. The Morgan fingerprint density at radius 3 is 3.10 bits per heavy atom. The van der Waals surface area contributed by atoms with E-state index in [1.54, 1.807) is 6.20 Å². The number of pyridine rings is 1. The van der Waals surface area contributed by atoms with Crippen LogP contribution in [0.5, 0.6) is 5.75 Å². The smallest absolute Gasteiger partial charge is 0.133 e. The van der Waals surface area contributed by atoms with Gasteiger partial charge in [0.1, 0.15) is 17.7 Å². The minimum Gasteiger partial charge on any atom is -0.487 e. The molecule has 1 aliphatic heterocycles. The van der Waals surface area contributed by atoms with Crippen LogP contribution in [-0.2, 0) is 6.42 Å². The predicted molar refractivity (Wildman–Crippen MR) is 86.8 cm³/mol. The van der Waals surface area contributed by atoms with Crippen molar-refractivity contribution in [3.8, 4) is 5.75 Å². The van der Waals surface area contributed by atoms with Crippen molar-refractivity contribution < 1.29 is 4.74 Å². The van der Waals surface area contributed by atoms with Gasteiger partial charge in [-0.2, -0.15) is 0 Å². The molecule has 110 valence electrons. The lowest BCUT2D eigenvalue weighted by Crippen LogP contribution is -2.45. The van der Waals surface area contributed by atoms with Crippen molar-refractivity contribution in [2.24, 2.45) is 0 Å². The number of nitrogens with one attached hydrogen (secondary N) is 1. The molecule has 0 bridgehead atoms. The van der Waals surface area contributed by atoms with E-state index in [1.807, 2.05) is 49.1 Å². The molecule has 3 rings (SSSR count). The van der Waals surface area contributed by atoms with Crippen LogP contribution >= 0.6 is 11.8 Å². The second-order valence-corrected chi connectivity index (χ2v) is 6.16. The number of ether oxygens (including phenoxy) is 1. The number of thioether (sulfide) groups is 1. The maximum Gasteiger partial charge on any atom is 0.133 e. The fourth-order valence-corrected chi connectivity index (χ4v) is 3.61. The topological polar surface area (TPSA) is 60.2 Å². The summed E-state index contributed by atoms with van der Waals surface area (Å²) in [6, 6.07) is 12.4. The van der Waals surface area contributed by atoms with E-state index in [4.69, 9.17) is 10.5 Å². The number of nitrogens with zero attached hydrogens (tertiary/aromatic N) is 1. The van der Waals surface area contributed by atoms with Crippen LogP contribution in [0.25, 0.3) is 0 Å². The van der Waals surface area contributed by atoms with E-state index in [0.29, 0.717) is 5.82 Å². The maximum atomic E-state index is 6.16. The Kier molecular flexibility index (Phi) is 4.31. The summed E-state index contributed by atoms with van der Waals surface area (Å²) >= 11 is 1.85. The van der Waals surface area contributed by atoms with Crippen molar-refractivity contribution in [2.75, 3.05) is 18.5 Å². The molecule has 2 heterocycles. The molecular weight excluding hydrogens is 282 g/mol. The van der Waals surface area contributed by atoms with E-state index in [-0.39, 0.29) is 12.1 Å². The van der Waals surface area contributed by atoms with Gasteiger partial charge < -0.3 is 15.8 Å². The molecule has 0 amide bonds. The molecule has 1 aliphatic rings. The van der Waals surface area contributed by atoms with Gasteiger partial charge in [0.2, 0.25) is 0 Å². The van der Waals surface area contributed by atoms with Crippen molar-refractivity contribution in [2.45, 2.75) is 23.5 Å². The Morgan fingerprint density at radius 1 is 1.43 bits per heavy atom. The van der Waals surface area contributed by atoms with Crippen LogP contribution < -0.4 is 15.8 Å². The van der Waals surface area contributed by atoms with Crippen LogP contribution in [0.4, 0.5) is 5.82 Å². The van der Waals surface area contributed by atoms with E-state index < -0.39 is 0 Å². The van der Waals surface area contributed by atoms with Gasteiger partial charge in [0.05, 0.1) is 0 Å². The zero-order chi connectivity index (χ0) is 14.7. The largest absolute Gasteiger partial charge is 0.487 e. The number of nitrogens with two attached hydrogens (primary N) is 1. The van der Waals surface area contributed by atoms with Gasteiger partial charge in [0.15, 0.2) is 0 Å². The maximum absolute atomic E-state index is 6.16. The Morgan fingerprint density at radius 2 is 2.29 bits per heavy atom. The van der Waals surface area contributed by atoms with Gasteiger partial charge in [0, 0.05) is 22.9 Å². The first kappa shape index (κ1) is 14.2. The van der Waals surface area contributed by atoms with Gasteiger partial charge in [-0.05, 0) is 43.3 Å². The van der Waals surface area contributed by atoms with E-state index in [9.17, 15) is 0 Å². The average molecular weight is 301 g/mol. The van der Waals surface area contributed by atoms with Gasteiger partial charge in [-0.1, -0.05) is 12.1 Å². The molecule has 2 unspecified atom stereocenters. The number of hydrogen-bond acceptors (Lipinski definition) is 5. The summed E-state index contributed by atoms with van der Waals surface area (Å²) in [6.07, 6.45) is 2.77. The molecule has 4 nitrogen and oxygen atoms in total. The Balaban J connectivity index is 1.73. The third-order valence-corrected chi connectivity index (χ3v) is 4.79. The first-order valence-electron chi connectivity index (χ1n) is 7.02. The molecule has 2 atom stereocenters. The molecule has 21 heavy (non-hydrogen) atoms. The van der Waals surface area contributed by atoms with Crippen LogP contribution in [0.1, 0.15) is 5.56 Å². The van der Waals surface area contributed by atoms with Crippen molar-refractivity contribution in [3.63, 3.8) is 0 Å². The molecule has 0 saturated heterocycles. The summed E-state index contributed by atoms with van der Waals surface area (Å²) in [7, 11) is 1.98. The lowest BCUT2D eigenvalue weighted by molar-refractivity contribution is 0.169. The standard InChI is InChI=1S/C16H19N3OS/c1-18-12(8-11-6-7-19-16(17)9-11)14-10-21-15-5-3-2-4-13(15)20-14/h2-7,9,12,14,18H,8,10H2,1H3,(H2,17,19). The lowest BCUT2D eigenvalue weighted by Gasteiger charge is -2.31. The molecule has 5 heteroatoms. The predicted octanol–water partition coefficient (Wildman–Crippen LogP) is 2.35. The van der Waals surface area contributed by atoms with Gasteiger partial charge in [-0.15, -0.1) is 11.8 Å². The molecule has 3 N–H and O–H groups in total. The van der Waals surface area contributed by atoms with Crippen LogP contribution in [-0.4, -0.2) is 29.9 Å². The summed E-state index contributed by atoms with van der Waals surface area (Å²) < 4.78 is 6.16. The molecule has 1 aromatic carbocycles. The van der Waals surface area contributed by atoms with Gasteiger partial charge in [0.25, 0.3) is 0 Å². The third kappa shape index (κ3) is 3.31. The third-order valence-electron chi connectivity index (χ3n) is 3.65. The minimum absolute atomic E-state index is 0.143. The molecular formula is C16H19N3OS. The van der Waals surface area contributed by atoms with E-state index >= 15 is 0 Å². The fourth-order valence-electron chi connectivity index (χ4n) is 2.53. The highest BCUT2D eigenvalue weighted by Gasteiger charge is 2.27. The summed E-state index contributed by atoms with van der Waals surface area (Å²) in [5, 5.41) is 3.37. The second kappa shape index (κ2) is 6.37. The number of para-hydroxylation sites is 1. The minimum atomic E-state index is 0.143. The Hall–Kier alpha value is -1.72. The van der Waals surface area contributed by atoms with Crippen molar-refractivity contribution in [1.82, 2.24) is 10.3 Å². The summed E-state index contributed by atoms with van der Waals surface area (Å²) in [4.78, 5) is 5.26. The Bertz CT molecular complexity index is 620. The molecule has 0 saturated carbocycles. The first-order valence-corrected chi connectivity index (χ1v) is 8.01. The second-order valence-electron chi connectivity index (χ2n) is 5.10. The van der Waals surface area contributed by atoms with Crippen LogP contribution in [0.2, 0.25) is 0 Å². The van der Waals surface area contributed by atoms with E-state index in [1.165, 1.54) is 10.5 Å². The molecule has 1 aromatic heterocycles.